The molecule has 104 valence electrons. The molecule has 0 aromatic heterocycles. The molecule has 1 rings (SSSR count). The highest BCUT2D eigenvalue weighted by Gasteiger charge is 2.22. The highest BCUT2D eigenvalue weighted by atomic mass is 16.5. The Kier molecular flexibility index (Phi) is 6.05. The Morgan fingerprint density at radius 3 is 2.58 bits per heavy atom. The van der Waals surface area contributed by atoms with Gasteiger partial charge in [-0.3, -0.25) is 4.79 Å². The fourth-order valence-corrected chi connectivity index (χ4v) is 1.75. The van der Waals surface area contributed by atoms with Crippen LogP contribution in [0.1, 0.15) is 18.1 Å². The fraction of sp³-hybridized carbons (Fsp3) is 0.357. The van der Waals surface area contributed by atoms with Crippen LogP contribution in [-0.2, 0) is 4.79 Å². The van der Waals surface area contributed by atoms with Crippen LogP contribution in [0.2, 0.25) is 0 Å². The van der Waals surface area contributed by atoms with E-state index in [-0.39, 0.29) is 6.42 Å². The van der Waals surface area contributed by atoms with E-state index in [2.05, 4.69) is 11.9 Å². The third kappa shape index (κ3) is 4.73. The number of carboxylic acid groups (broad SMARTS) is 1. The number of aliphatic hydroxyl groups excluding tert-OH is 1. The molecule has 0 heterocycles. The number of aliphatic hydroxyl groups is 1. The topological polar surface area (TPSA) is 78.8 Å². The van der Waals surface area contributed by atoms with E-state index in [0.717, 1.165) is 0 Å². The zero-order valence-corrected chi connectivity index (χ0v) is 10.9. The number of nitrogens with one attached hydrogen (secondary N) is 1. The summed E-state index contributed by atoms with van der Waals surface area (Å²) in [6, 6.07) is 6.32. The molecule has 0 radical (unpaired) electrons. The number of carboxylic acids is 1. The van der Waals surface area contributed by atoms with Gasteiger partial charge in [0.1, 0.15) is 5.75 Å². The zero-order chi connectivity index (χ0) is 14.3. The number of hydrogen-bond acceptors (Lipinski definition) is 4. The van der Waals surface area contributed by atoms with Crippen molar-refractivity contribution in [2.45, 2.75) is 18.6 Å². The van der Waals surface area contributed by atoms with E-state index in [9.17, 15) is 9.90 Å². The highest BCUT2D eigenvalue weighted by molar-refractivity contribution is 5.67. The molecule has 0 saturated carbocycles. The Bertz CT molecular complexity index is 416. The molecule has 5 heteroatoms. The van der Waals surface area contributed by atoms with Crippen LogP contribution in [0.4, 0.5) is 0 Å². The number of methoxy groups -OCH3 is 1. The number of ether oxygens (including phenoxy) is 1. The van der Waals surface area contributed by atoms with Crippen molar-refractivity contribution in [1.29, 1.82) is 0 Å². The predicted molar refractivity (Wildman–Crippen MR) is 72.2 cm³/mol. The van der Waals surface area contributed by atoms with Gasteiger partial charge in [0, 0.05) is 12.6 Å². The van der Waals surface area contributed by atoms with Gasteiger partial charge in [0.15, 0.2) is 0 Å². The summed E-state index contributed by atoms with van der Waals surface area (Å²) in [5, 5.41) is 22.0. The first-order valence-corrected chi connectivity index (χ1v) is 5.96. The number of rotatable bonds is 8. The van der Waals surface area contributed by atoms with Crippen molar-refractivity contribution in [3.05, 3.63) is 42.5 Å². The van der Waals surface area contributed by atoms with Crippen LogP contribution in [-0.4, -0.2) is 35.9 Å². The van der Waals surface area contributed by atoms with Crippen LogP contribution in [0, 0.1) is 0 Å². The van der Waals surface area contributed by atoms with Gasteiger partial charge < -0.3 is 20.3 Å². The quantitative estimate of drug-likeness (QED) is 0.618. The summed E-state index contributed by atoms with van der Waals surface area (Å²) >= 11 is 0. The maximum Gasteiger partial charge on any atom is 0.305 e. The van der Waals surface area contributed by atoms with Crippen molar-refractivity contribution in [2.24, 2.45) is 0 Å². The molecule has 5 nitrogen and oxygen atoms in total. The molecule has 0 saturated heterocycles. The van der Waals surface area contributed by atoms with Gasteiger partial charge in [0.25, 0.3) is 0 Å². The average molecular weight is 265 g/mol. The van der Waals surface area contributed by atoms with E-state index in [1.165, 1.54) is 0 Å². The lowest BCUT2D eigenvalue weighted by atomic mass is 9.99. The number of benzene rings is 1. The van der Waals surface area contributed by atoms with Crippen molar-refractivity contribution in [3.8, 4) is 5.75 Å². The lowest BCUT2D eigenvalue weighted by molar-refractivity contribution is -0.138. The van der Waals surface area contributed by atoms with Gasteiger partial charge in [0.05, 0.1) is 19.6 Å². The van der Waals surface area contributed by atoms with Gasteiger partial charge in [-0.1, -0.05) is 18.2 Å². The Hall–Kier alpha value is -1.85. The van der Waals surface area contributed by atoms with Crippen LogP contribution in [0.25, 0.3) is 0 Å². The maximum absolute atomic E-state index is 10.8. The molecule has 19 heavy (non-hydrogen) atoms. The molecule has 0 aliphatic carbocycles. The summed E-state index contributed by atoms with van der Waals surface area (Å²) < 4.78 is 5.03. The van der Waals surface area contributed by atoms with E-state index in [0.29, 0.717) is 17.9 Å². The van der Waals surface area contributed by atoms with E-state index < -0.39 is 18.1 Å². The standard InChI is InChI=1S/C14H19NO4/c1-3-8-15-12(9-13(16)17)14(18)10-4-6-11(19-2)7-5-10/h3-7,12,14-15,18H,1,8-9H2,2H3,(H,16,17). The lowest BCUT2D eigenvalue weighted by Crippen LogP contribution is -2.37. The first kappa shape index (κ1) is 15.2. The number of carbonyl (C=O) groups is 1. The minimum Gasteiger partial charge on any atom is -0.497 e. The van der Waals surface area contributed by atoms with Crippen molar-refractivity contribution in [1.82, 2.24) is 5.32 Å². The Labute approximate surface area is 112 Å². The molecule has 0 bridgehead atoms. The SMILES string of the molecule is C=CCNC(CC(=O)O)C(O)c1ccc(OC)cc1. The Morgan fingerprint density at radius 1 is 1.47 bits per heavy atom. The third-order valence-corrected chi connectivity index (χ3v) is 2.76. The molecule has 1 aromatic carbocycles. The van der Waals surface area contributed by atoms with Gasteiger partial charge in [0.2, 0.25) is 0 Å². The first-order valence-electron chi connectivity index (χ1n) is 5.96. The largest absolute Gasteiger partial charge is 0.497 e. The fourth-order valence-electron chi connectivity index (χ4n) is 1.75. The summed E-state index contributed by atoms with van der Waals surface area (Å²) in [4.78, 5) is 10.8. The highest BCUT2D eigenvalue weighted by Crippen LogP contribution is 2.21. The summed E-state index contributed by atoms with van der Waals surface area (Å²) in [7, 11) is 1.56. The van der Waals surface area contributed by atoms with Crippen LogP contribution in [0.15, 0.2) is 36.9 Å². The molecular weight excluding hydrogens is 246 g/mol. The smallest absolute Gasteiger partial charge is 0.305 e. The third-order valence-electron chi connectivity index (χ3n) is 2.76. The van der Waals surface area contributed by atoms with Gasteiger partial charge in [-0.2, -0.15) is 0 Å². The molecule has 3 N–H and O–H groups in total. The van der Waals surface area contributed by atoms with Crippen molar-refractivity contribution in [3.63, 3.8) is 0 Å². The van der Waals surface area contributed by atoms with E-state index in [1.807, 2.05) is 0 Å². The molecule has 0 aliphatic rings. The van der Waals surface area contributed by atoms with Gasteiger partial charge in [-0.05, 0) is 17.7 Å². The summed E-state index contributed by atoms with van der Waals surface area (Å²) in [6.07, 6.45) is 0.554. The van der Waals surface area contributed by atoms with E-state index in [1.54, 1.807) is 37.5 Å². The Morgan fingerprint density at radius 2 is 2.11 bits per heavy atom. The molecule has 0 fully saturated rings. The predicted octanol–water partition coefficient (Wildman–Crippen LogP) is 1.35. The van der Waals surface area contributed by atoms with Crippen LogP contribution in [0.3, 0.4) is 0 Å². The Balaban J connectivity index is 2.80. The van der Waals surface area contributed by atoms with E-state index >= 15 is 0 Å². The second-order valence-electron chi connectivity index (χ2n) is 4.12. The minimum absolute atomic E-state index is 0.166. The van der Waals surface area contributed by atoms with Crippen molar-refractivity contribution >= 4 is 5.97 Å². The molecular formula is C14H19NO4. The van der Waals surface area contributed by atoms with Crippen LogP contribution in [0.5, 0.6) is 5.75 Å². The molecule has 1 aromatic rings. The first-order chi connectivity index (χ1) is 9.08. The molecule has 0 amide bonds. The van der Waals surface area contributed by atoms with E-state index in [4.69, 9.17) is 9.84 Å². The second kappa shape index (κ2) is 7.56. The van der Waals surface area contributed by atoms with Crippen LogP contribution < -0.4 is 10.1 Å². The normalized spacial score (nSPS) is 13.6. The second-order valence-corrected chi connectivity index (χ2v) is 4.12. The lowest BCUT2D eigenvalue weighted by Gasteiger charge is -2.22. The monoisotopic (exact) mass is 265 g/mol. The summed E-state index contributed by atoms with van der Waals surface area (Å²) in [6.45, 7) is 3.99. The minimum atomic E-state index is -0.964. The molecule has 2 atom stereocenters. The number of hydrogen-bond donors (Lipinski definition) is 3. The van der Waals surface area contributed by atoms with Gasteiger partial charge in [-0.15, -0.1) is 6.58 Å². The van der Waals surface area contributed by atoms with Gasteiger partial charge >= 0.3 is 5.97 Å². The molecule has 2 unspecified atom stereocenters. The van der Waals surface area contributed by atoms with Crippen molar-refractivity contribution in [2.75, 3.05) is 13.7 Å². The molecule has 0 spiro atoms. The van der Waals surface area contributed by atoms with Gasteiger partial charge in [-0.25, -0.2) is 0 Å². The zero-order valence-electron chi connectivity index (χ0n) is 10.9. The summed E-state index contributed by atoms with van der Waals surface area (Å²) in [5.74, 6) is -0.279. The average Bonchev–Trinajstić information content (AvgIpc) is 2.42. The maximum atomic E-state index is 10.8. The van der Waals surface area contributed by atoms with Crippen molar-refractivity contribution < 1.29 is 19.7 Å². The summed E-state index contributed by atoms with van der Waals surface area (Å²) in [5.41, 5.74) is 0.642. The molecule has 0 aliphatic heterocycles. The van der Waals surface area contributed by atoms with Crippen LogP contribution >= 0.6 is 0 Å². The number of aliphatic carboxylic acids is 1.